The van der Waals surface area contributed by atoms with Crippen molar-refractivity contribution in [3.63, 3.8) is 0 Å². The van der Waals surface area contributed by atoms with E-state index >= 15 is 0 Å². The molecule has 1 fully saturated rings. The van der Waals surface area contributed by atoms with E-state index < -0.39 is 8.07 Å². The standard InChI is InChI=1S/C9H17NSi/c1-9(2)6-4-5-7-11(9,3)8-10/h4-7H2,1-3H3. The van der Waals surface area contributed by atoms with Crippen molar-refractivity contribution in [3.8, 4) is 5.69 Å². The molecule has 0 radical (unpaired) electrons. The second kappa shape index (κ2) is 2.64. The fraction of sp³-hybridized carbons (Fsp3) is 0.889. The zero-order chi connectivity index (χ0) is 8.54. The minimum atomic E-state index is -1.53. The molecule has 0 amide bonds. The number of hydrogen-bond acceptors (Lipinski definition) is 1. The minimum absolute atomic E-state index is 0.361. The van der Waals surface area contributed by atoms with E-state index in [4.69, 9.17) is 5.26 Å². The summed E-state index contributed by atoms with van der Waals surface area (Å²) in [4.78, 5) is 0. The average Bonchev–Trinajstić information content (AvgIpc) is 1.95. The lowest BCUT2D eigenvalue weighted by Crippen LogP contribution is -2.43. The van der Waals surface area contributed by atoms with Crippen molar-refractivity contribution in [2.24, 2.45) is 0 Å². The lowest BCUT2D eigenvalue weighted by Gasteiger charge is -2.40. The first-order valence-electron chi connectivity index (χ1n) is 4.43. The normalized spacial score (nSPS) is 36.2. The third-order valence-corrected chi connectivity index (χ3v) is 8.55. The molecule has 0 spiro atoms. The lowest BCUT2D eigenvalue weighted by atomic mass is 10.0. The summed E-state index contributed by atoms with van der Waals surface area (Å²) in [7, 11) is -1.53. The highest BCUT2D eigenvalue weighted by Crippen LogP contribution is 2.48. The molecule has 1 aliphatic heterocycles. The van der Waals surface area contributed by atoms with Gasteiger partial charge < -0.3 is 0 Å². The van der Waals surface area contributed by atoms with Crippen molar-refractivity contribution in [2.75, 3.05) is 0 Å². The highest BCUT2D eigenvalue weighted by molar-refractivity contribution is 6.88. The molecule has 0 saturated carbocycles. The van der Waals surface area contributed by atoms with Crippen molar-refractivity contribution in [2.45, 2.75) is 50.7 Å². The van der Waals surface area contributed by atoms with Gasteiger partial charge in [-0.2, -0.15) is 0 Å². The Bertz CT molecular complexity index is 192. The lowest BCUT2D eigenvalue weighted by molar-refractivity contribution is 0.514. The quantitative estimate of drug-likeness (QED) is 0.509. The van der Waals surface area contributed by atoms with Crippen LogP contribution in [-0.2, 0) is 0 Å². The summed E-state index contributed by atoms with van der Waals surface area (Å²) in [6.07, 6.45) is 3.89. The summed E-state index contributed by atoms with van der Waals surface area (Å²) in [6, 6.07) is 1.22. The maximum absolute atomic E-state index is 9.10. The fourth-order valence-corrected chi connectivity index (χ4v) is 4.64. The van der Waals surface area contributed by atoms with Crippen LogP contribution < -0.4 is 0 Å². The SMILES string of the molecule is CC1(C)CCCC[Si]1(C)C#N. The van der Waals surface area contributed by atoms with Crippen molar-refractivity contribution in [1.82, 2.24) is 0 Å². The molecule has 62 valence electrons. The highest BCUT2D eigenvalue weighted by Gasteiger charge is 2.45. The van der Waals surface area contributed by atoms with Crippen LogP contribution in [0, 0.1) is 11.0 Å². The predicted octanol–water partition coefficient (Wildman–Crippen LogP) is 3.09. The van der Waals surface area contributed by atoms with Crippen molar-refractivity contribution >= 4 is 8.07 Å². The first kappa shape index (κ1) is 8.80. The van der Waals surface area contributed by atoms with E-state index in [1.807, 2.05) is 0 Å². The van der Waals surface area contributed by atoms with E-state index in [2.05, 4.69) is 26.1 Å². The van der Waals surface area contributed by atoms with Crippen LogP contribution in [0.1, 0.15) is 33.1 Å². The Hall–Kier alpha value is -0.293. The molecule has 11 heavy (non-hydrogen) atoms. The highest BCUT2D eigenvalue weighted by atomic mass is 28.3. The molecule has 1 unspecified atom stereocenters. The third-order valence-electron chi connectivity index (χ3n) is 3.47. The molecular weight excluding hydrogens is 150 g/mol. The predicted molar refractivity (Wildman–Crippen MR) is 49.9 cm³/mol. The van der Waals surface area contributed by atoms with Crippen LogP contribution in [0.3, 0.4) is 0 Å². The number of rotatable bonds is 0. The maximum Gasteiger partial charge on any atom is 0.176 e. The Morgan fingerprint density at radius 1 is 1.36 bits per heavy atom. The molecule has 1 atom stereocenters. The molecule has 1 saturated heterocycles. The van der Waals surface area contributed by atoms with Gasteiger partial charge in [-0.3, -0.25) is 0 Å². The molecule has 0 aliphatic carbocycles. The minimum Gasteiger partial charge on any atom is -0.207 e. The van der Waals surface area contributed by atoms with E-state index in [1.54, 1.807) is 0 Å². The van der Waals surface area contributed by atoms with Crippen LogP contribution in [-0.4, -0.2) is 8.07 Å². The molecule has 1 heterocycles. The molecule has 0 aromatic carbocycles. The van der Waals surface area contributed by atoms with Crippen LogP contribution >= 0.6 is 0 Å². The van der Waals surface area contributed by atoms with Gasteiger partial charge in [0.2, 0.25) is 0 Å². The number of hydrogen-bond donors (Lipinski definition) is 0. The summed E-state index contributed by atoms with van der Waals surface area (Å²) < 4.78 is 0. The smallest absolute Gasteiger partial charge is 0.176 e. The molecule has 0 aromatic heterocycles. The van der Waals surface area contributed by atoms with E-state index in [1.165, 1.54) is 25.3 Å². The van der Waals surface area contributed by atoms with Crippen molar-refractivity contribution in [1.29, 1.82) is 5.26 Å². The summed E-state index contributed by atoms with van der Waals surface area (Å²) in [5.41, 5.74) is 2.61. The Balaban J connectivity index is 2.85. The molecule has 2 heteroatoms. The third kappa shape index (κ3) is 1.34. The maximum atomic E-state index is 9.10. The molecular formula is C9H17NSi. The van der Waals surface area contributed by atoms with Crippen LogP contribution in [0.5, 0.6) is 0 Å². The molecule has 1 aliphatic rings. The molecule has 0 N–H and O–H groups in total. The summed E-state index contributed by atoms with van der Waals surface area (Å²) in [5.74, 6) is 0. The van der Waals surface area contributed by atoms with E-state index in [9.17, 15) is 0 Å². The van der Waals surface area contributed by atoms with Crippen LogP contribution in [0.15, 0.2) is 0 Å². The molecule has 0 aromatic rings. The Labute approximate surface area is 70.4 Å². The molecule has 1 rings (SSSR count). The van der Waals surface area contributed by atoms with Gasteiger partial charge in [-0.1, -0.05) is 33.2 Å². The van der Waals surface area contributed by atoms with Crippen molar-refractivity contribution < 1.29 is 0 Å². The van der Waals surface area contributed by atoms with Gasteiger partial charge >= 0.3 is 0 Å². The van der Waals surface area contributed by atoms with Gasteiger partial charge in [-0.25, -0.2) is 5.26 Å². The topological polar surface area (TPSA) is 23.8 Å². The van der Waals surface area contributed by atoms with Gasteiger partial charge in [0.15, 0.2) is 8.07 Å². The van der Waals surface area contributed by atoms with Gasteiger partial charge in [-0.15, -0.1) is 0 Å². The summed E-state index contributed by atoms with van der Waals surface area (Å²) in [6.45, 7) is 6.80. The van der Waals surface area contributed by atoms with E-state index in [0.717, 1.165) is 0 Å². The Morgan fingerprint density at radius 2 is 2.00 bits per heavy atom. The van der Waals surface area contributed by atoms with Gasteiger partial charge in [0.25, 0.3) is 0 Å². The number of nitrogens with zero attached hydrogens (tertiary/aromatic N) is 1. The van der Waals surface area contributed by atoms with Gasteiger partial charge in [-0.05, 0) is 17.5 Å². The van der Waals surface area contributed by atoms with Crippen LogP contribution in [0.25, 0.3) is 0 Å². The number of nitriles is 1. The Kier molecular flexibility index (Phi) is 2.11. The zero-order valence-corrected chi connectivity index (χ0v) is 8.78. The Morgan fingerprint density at radius 3 is 2.36 bits per heavy atom. The van der Waals surface area contributed by atoms with Gasteiger partial charge in [0.05, 0.1) is 0 Å². The fourth-order valence-electron chi connectivity index (χ4n) is 1.87. The zero-order valence-electron chi connectivity index (χ0n) is 7.78. The first-order valence-corrected chi connectivity index (χ1v) is 7.14. The van der Waals surface area contributed by atoms with Crippen LogP contribution in [0.2, 0.25) is 17.6 Å². The van der Waals surface area contributed by atoms with Gasteiger partial charge in [0.1, 0.15) is 0 Å². The second-order valence-electron chi connectivity index (χ2n) is 4.53. The average molecular weight is 167 g/mol. The van der Waals surface area contributed by atoms with Crippen LogP contribution in [0.4, 0.5) is 0 Å². The van der Waals surface area contributed by atoms with Crippen molar-refractivity contribution in [3.05, 3.63) is 0 Å². The molecule has 0 bridgehead atoms. The summed E-state index contributed by atoms with van der Waals surface area (Å²) >= 11 is 0. The van der Waals surface area contributed by atoms with E-state index in [0.29, 0.717) is 5.04 Å². The summed E-state index contributed by atoms with van der Waals surface area (Å²) in [5, 5.41) is 9.46. The largest absolute Gasteiger partial charge is 0.207 e. The van der Waals surface area contributed by atoms with Gasteiger partial charge in [0, 0.05) is 5.69 Å². The second-order valence-corrected chi connectivity index (χ2v) is 9.28. The first-order chi connectivity index (χ1) is 5.02. The monoisotopic (exact) mass is 167 g/mol. The van der Waals surface area contributed by atoms with E-state index in [-0.39, 0.29) is 0 Å². The molecule has 1 nitrogen and oxygen atoms in total.